The molecule has 0 saturated carbocycles. The number of benzene rings is 1. The van der Waals surface area contributed by atoms with Crippen LogP contribution in [0.25, 0.3) is 0 Å². The van der Waals surface area contributed by atoms with E-state index in [9.17, 15) is 13.5 Å². The van der Waals surface area contributed by atoms with Gasteiger partial charge >= 0.3 is 0 Å². The zero-order chi connectivity index (χ0) is 14.6. The number of aliphatic hydroxyl groups is 1. The SMILES string of the molecule is CS(=O)(=O)c1ccc(C(O)CNC2CC=CCC2)cc1. The minimum atomic E-state index is -3.18. The van der Waals surface area contributed by atoms with Gasteiger partial charge in [-0.2, -0.15) is 0 Å². The van der Waals surface area contributed by atoms with Crippen LogP contribution in [0, 0.1) is 0 Å². The molecule has 0 amide bonds. The van der Waals surface area contributed by atoms with Crippen molar-refractivity contribution >= 4 is 9.84 Å². The Balaban J connectivity index is 1.92. The topological polar surface area (TPSA) is 66.4 Å². The fraction of sp³-hybridized carbons (Fsp3) is 0.467. The van der Waals surface area contributed by atoms with Crippen LogP contribution >= 0.6 is 0 Å². The lowest BCUT2D eigenvalue weighted by molar-refractivity contribution is 0.168. The van der Waals surface area contributed by atoms with Crippen molar-refractivity contribution < 1.29 is 13.5 Å². The minimum Gasteiger partial charge on any atom is -0.387 e. The quantitative estimate of drug-likeness (QED) is 0.813. The first kappa shape index (κ1) is 15.2. The van der Waals surface area contributed by atoms with Gasteiger partial charge in [-0.05, 0) is 37.0 Å². The van der Waals surface area contributed by atoms with Gasteiger partial charge in [0.25, 0.3) is 0 Å². The molecule has 0 radical (unpaired) electrons. The second-order valence-electron chi connectivity index (χ2n) is 5.25. The van der Waals surface area contributed by atoms with Gasteiger partial charge in [0.05, 0.1) is 11.0 Å². The second kappa shape index (κ2) is 6.52. The summed E-state index contributed by atoms with van der Waals surface area (Å²) in [5.41, 5.74) is 0.733. The van der Waals surface area contributed by atoms with Gasteiger partial charge in [-0.15, -0.1) is 0 Å². The van der Waals surface area contributed by atoms with Crippen LogP contribution in [0.4, 0.5) is 0 Å². The molecule has 2 atom stereocenters. The molecule has 110 valence electrons. The Morgan fingerprint density at radius 3 is 2.55 bits per heavy atom. The van der Waals surface area contributed by atoms with E-state index in [4.69, 9.17) is 0 Å². The zero-order valence-corrected chi connectivity index (χ0v) is 12.4. The summed E-state index contributed by atoms with van der Waals surface area (Å²) in [5, 5.41) is 13.5. The van der Waals surface area contributed by atoms with E-state index in [2.05, 4.69) is 17.5 Å². The van der Waals surface area contributed by atoms with Gasteiger partial charge in [0.2, 0.25) is 0 Å². The summed E-state index contributed by atoms with van der Waals surface area (Å²) in [4.78, 5) is 0.277. The van der Waals surface area contributed by atoms with Gasteiger partial charge in [0.15, 0.2) is 9.84 Å². The number of rotatable bonds is 5. The van der Waals surface area contributed by atoms with Gasteiger partial charge in [0.1, 0.15) is 0 Å². The molecule has 1 aliphatic carbocycles. The summed E-state index contributed by atoms with van der Waals surface area (Å²) in [5.74, 6) is 0. The molecule has 1 aromatic rings. The van der Waals surface area contributed by atoms with Crippen LogP contribution in [0.5, 0.6) is 0 Å². The molecule has 2 N–H and O–H groups in total. The highest BCUT2D eigenvalue weighted by Gasteiger charge is 2.14. The Kier molecular flexibility index (Phi) is 4.96. The molecule has 0 heterocycles. The molecule has 2 rings (SSSR count). The summed E-state index contributed by atoms with van der Waals surface area (Å²) in [6.07, 6.45) is 8.07. The van der Waals surface area contributed by atoms with Crippen LogP contribution < -0.4 is 5.32 Å². The van der Waals surface area contributed by atoms with Gasteiger partial charge in [-0.3, -0.25) is 0 Å². The number of nitrogens with one attached hydrogen (secondary N) is 1. The minimum absolute atomic E-state index is 0.277. The summed E-state index contributed by atoms with van der Waals surface area (Å²) in [6, 6.07) is 6.84. The van der Waals surface area contributed by atoms with Gasteiger partial charge < -0.3 is 10.4 Å². The smallest absolute Gasteiger partial charge is 0.175 e. The fourth-order valence-corrected chi connectivity index (χ4v) is 2.94. The summed E-state index contributed by atoms with van der Waals surface area (Å²) >= 11 is 0. The normalized spacial score (nSPS) is 20.8. The highest BCUT2D eigenvalue weighted by atomic mass is 32.2. The third-order valence-corrected chi connectivity index (χ3v) is 4.69. The highest BCUT2D eigenvalue weighted by Crippen LogP contribution is 2.17. The number of allylic oxidation sites excluding steroid dienone is 1. The first-order valence-electron chi connectivity index (χ1n) is 6.83. The Morgan fingerprint density at radius 1 is 1.30 bits per heavy atom. The Morgan fingerprint density at radius 2 is 2.00 bits per heavy atom. The van der Waals surface area contributed by atoms with Crippen molar-refractivity contribution in [2.45, 2.75) is 36.3 Å². The van der Waals surface area contributed by atoms with E-state index in [0.29, 0.717) is 12.6 Å². The molecular formula is C15H21NO3S. The molecule has 0 saturated heterocycles. The zero-order valence-electron chi connectivity index (χ0n) is 11.6. The molecule has 0 aliphatic heterocycles. The molecule has 1 aliphatic rings. The third kappa shape index (κ3) is 4.16. The van der Waals surface area contributed by atoms with Crippen molar-refractivity contribution in [3.8, 4) is 0 Å². The lowest BCUT2D eigenvalue weighted by Gasteiger charge is -2.21. The second-order valence-corrected chi connectivity index (χ2v) is 7.26. The number of hydrogen-bond donors (Lipinski definition) is 2. The van der Waals surface area contributed by atoms with Gasteiger partial charge in [-0.1, -0.05) is 24.3 Å². The van der Waals surface area contributed by atoms with E-state index < -0.39 is 15.9 Å². The summed E-state index contributed by atoms with van der Waals surface area (Å²) < 4.78 is 22.7. The van der Waals surface area contributed by atoms with Crippen molar-refractivity contribution in [3.05, 3.63) is 42.0 Å². The van der Waals surface area contributed by atoms with Crippen molar-refractivity contribution in [2.24, 2.45) is 0 Å². The van der Waals surface area contributed by atoms with Crippen molar-refractivity contribution in [3.63, 3.8) is 0 Å². The van der Waals surface area contributed by atoms with Crippen LogP contribution in [0.1, 0.15) is 30.9 Å². The summed E-state index contributed by atoms with van der Waals surface area (Å²) in [6.45, 7) is 0.483. The maximum Gasteiger partial charge on any atom is 0.175 e. The molecular weight excluding hydrogens is 274 g/mol. The fourth-order valence-electron chi connectivity index (χ4n) is 2.31. The average Bonchev–Trinajstić information content (AvgIpc) is 2.45. The molecule has 0 bridgehead atoms. The van der Waals surface area contributed by atoms with E-state index in [1.807, 2.05) is 0 Å². The maximum atomic E-state index is 11.4. The third-order valence-electron chi connectivity index (χ3n) is 3.56. The monoisotopic (exact) mass is 295 g/mol. The van der Waals surface area contributed by atoms with Crippen LogP contribution in [-0.2, 0) is 9.84 Å². The van der Waals surface area contributed by atoms with Crippen LogP contribution in [0.3, 0.4) is 0 Å². The number of sulfone groups is 1. The summed E-state index contributed by atoms with van der Waals surface area (Å²) in [7, 11) is -3.18. The van der Waals surface area contributed by atoms with E-state index in [-0.39, 0.29) is 4.90 Å². The lowest BCUT2D eigenvalue weighted by atomic mass is 10.0. The Hall–Kier alpha value is -1.17. The molecule has 1 aromatic carbocycles. The Bertz CT molecular complexity index is 563. The Labute approximate surface area is 120 Å². The molecule has 0 fully saturated rings. The van der Waals surface area contributed by atoms with Gasteiger partial charge in [-0.25, -0.2) is 8.42 Å². The molecule has 5 heteroatoms. The van der Waals surface area contributed by atoms with Crippen LogP contribution in [0.2, 0.25) is 0 Å². The number of aliphatic hydroxyl groups excluding tert-OH is 1. The van der Waals surface area contributed by atoms with Crippen LogP contribution in [-0.4, -0.2) is 32.4 Å². The number of hydrogen-bond acceptors (Lipinski definition) is 4. The van der Waals surface area contributed by atoms with Crippen molar-refractivity contribution in [1.82, 2.24) is 5.32 Å². The van der Waals surface area contributed by atoms with E-state index >= 15 is 0 Å². The van der Waals surface area contributed by atoms with Crippen molar-refractivity contribution in [2.75, 3.05) is 12.8 Å². The highest BCUT2D eigenvalue weighted by molar-refractivity contribution is 7.90. The maximum absolute atomic E-state index is 11.4. The predicted octanol–water partition coefficient (Wildman–Crippen LogP) is 1.82. The molecule has 4 nitrogen and oxygen atoms in total. The van der Waals surface area contributed by atoms with E-state index in [1.54, 1.807) is 12.1 Å². The standard InChI is InChI=1S/C15H21NO3S/c1-20(18,19)14-9-7-12(8-10-14)15(17)11-16-13-5-3-2-4-6-13/h2-3,7-10,13,15-17H,4-6,11H2,1H3. The predicted molar refractivity (Wildman–Crippen MR) is 79.3 cm³/mol. The average molecular weight is 295 g/mol. The lowest BCUT2D eigenvalue weighted by Crippen LogP contribution is -2.33. The molecule has 0 spiro atoms. The molecule has 2 unspecified atom stereocenters. The van der Waals surface area contributed by atoms with Gasteiger partial charge in [0, 0.05) is 18.8 Å². The van der Waals surface area contributed by atoms with E-state index in [1.165, 1.54) is 18.4 Å². The molecule has 0 aromatic heterocycles. The largest absolute Gasteiger partial charge is 0.387 e. The van der Waals surface area contributed by atoms with Crippen LogP contribution in [0.15, 0.2) is 41.3 Å². The van der Waals surface area contributed by atoms with Crippen molar-refractivity contribution in [1.29, 1.82) is 0 Å². The molecule has 20 heavy (non-hydrogen) atoms. The first-order valence-corrected chi connectivity index (χ1v) is 8.72. The van der Waals surface area contributed by atoms with E-state index in [0.717, 1.165) is 24.8 Å². The first-order chi connectivity index (χ1) is 9.47.